The molecule has 1 aromatic carbocycles. The van der Waals surface area contributed by atoms with Crippen LogP contribution < -0.4 is 4.74 Å². The van der Waals surface area contributed by atoms with Crippen molar-refractivity contribution in [3.63, 3.8) is 0 Å². The number of aromatic nitrogens is 3. The SMILES string of the molecule is COCCOc1ccc(CN2CCCC2c2cc3nc(C)cc(C(F)(F)F)n3n2)cc1. The number of hydrogen-bond acceptors (Lipinski definition) is 5. The molecule has 31 heavy (non-hydrogen) atoms. The van der Waals surface area contributed by atoms with Gasteiger partial charge in [-0.05, 0) is 50.1 Å². The molecule has 6 nitrogen and oxygen atoms in total. The molecule has 1 aliphatic rings. The molecule has 1 aliphatic heterocycles. The Kier molecular flexibility index (Phi) is 6.15. The molecular formula is C22H25F3N4O2. The highest BCUT2D eigenvalue weighted by atomic mass is 19.4. The van der Waals surface area contributed by atoms with Gasteiger partial charge < -0.3 is 9.47 Å². The van der Waals surface area contributed by atoms with Gasteiger partial charge in [0.1, 0.15) is 18.1 Å². The van der Waals surface area contributed by atoms with Gasteiger partial charge in [0.25, 0.3) is 0 Å². The lowest BCUT2D eigenvalue weighted by Gasteiger charge is -2.23. The maximum Gasteiger partial charge on any atom is 0.433 e. The predicted octanol–water partition coefficient (Wildman–Crippen LogP) is 4.42. The van der Waals surface area contributed by atoms with Crippen molar-refractivity contribution in [2.45, 2.75) is 38.5 Å². The molecule has 0 N–H and O–H groups in total. The minimum absolute atomic E-state index is 0.0410. The molecule has 0 bridgehead atoms. The summed E-state index contributed by atoms with van der Waals surface area (Å²) < 4.78 is 51.9. The summed E-state index contributed by atoms with van der Waals surface area (Å²) in [6.07, 6.45) is -2.67. The van der Waals surface area contributed by atoms with Gasteiger partial charge in [0.2, 0.25) is 0 Å². The van der Waals surface area contributed by atoms with Crippen molar-refractivity contribution in [3.8, 4) is 5.75 Å². The summed E-state index contributed by atoms with van der Waals surface area (Å²) in [6, 6.07) is 10.5. The van der Waals surface area contributed by atoms with Crippen molar-refractivity contribution in [1.82, 2.24) is 19.5 Å². The second-order valence-electron chi connectivity index (χ2n) is 7.73. The molecule has 0 aliphatic carbocycles. The Hall–Kier alpha value is -2.65. The highest BCUT2D eigenvalue weighted by molar-refractivity contribution is 5.43. The van der Waals surface area contributed by atoms with Gasteiger partial charge in [-0.3, -0.25) is 4.90 Å². The molecule has 3 heterocycles. The van der Waals surface area contributed by atoms with Crippen LogP contribution in [0.25, 0.3) is 5.65 Å². The second-order valence-corrected chi connectivity index (χ2v) is 7.73. The van der Waals surface area contributed by atoms with Crippen LogP contribution in [0.1, 0.15) is 41.5 Å². The van der Waals surface area contributed by atoms with E-state index in [1.54, 1.807) is 20.1 Å². The molecule has 9 heteroatoms. The third-order valence-corrected chi connectivity index (χ3v) is 5.43. The summed E-state index contributed by atoms with van der Waals surface area (Å²) in [5.41, 5.74) is 1.49. The third kappa shape index (κ3) is 4.83. The number of fused-ring (bicyclic) bond motifs is 1. The van der Waals surface area contributed by atoms with Crippen LogP contribution in [0.5, 0.6) is 5.75 Å². The lowest BCUT2D eigenvalue weighted by atomic mass is 10.1. The average Bonchev–Trinajstić information content (AvgIpc) is 3.34. The molecule has 1 fully saturated rings. The minimum Gasteiger partial charge on any atom is -0.491 e. The first-order chi connectivity index (χ1) is 14.8. The Morgan fingerprint density at radius 1 is 1.13 bits per heavy atom. The van der Waals surface area contributed by atoms with Crippen LogP contribution in [0.4, 0.5) is 13.2 Å². The Balaban J connectivity index is 1.53. The Morgan fingerprint density at radius 3 is 2.61 bits per heavy atom. The number of alkyl halides is 3. The van der Waals surface area contributed by atoms with Crippen LogP contribution in [0.15, 0.2) is 36.4 Å². The van der Waals surface area contributed by atoms with Crippen LogP contribution in [-0.4, -0.2) is 46.4 Å². The van der Waals surface area contributed by atoms with Crippen molar-refractivity contribution in [1.29, 1.82) is 0 Å². The molecule has 0 spiro atoms. The van der Waals surface area contributed by atoms with Crippen molar-refractivity contribution >= 4 is 5.65 Å². The van der Waals surface area contributed by atoms with Crippen molar-refractivity contribution < 1.29 is 22.6 Å². The van der Waals surface area contributed by atoms with Crippen LogP contribution in [-0.2, 0) is 17.5 Å². The molecule has 2 aromatic heterocycles. The summed E-state index contributed by atoms with van der Waals surface area (Å²) in [4.78, 5) is 6.50. The van der Waals surface area contributed by atoms with Crippen LogP contribution in [0, 0.1) is 6.92 Å². The number of ether oxygens (including phenoxy) is 2. The zero-order chi connectivity index (χ0) is 22.0. The average molecular weight is 434 g/mol. The summed E-state index contributed by atoms with van der Waals surface area (Å²) >= 11 is 0. The fourth-order valence-corrected chi connectivity index (χ4v) is 4.00. The normalized spacial score (nSPS) is 17.5. The van der Waals surface area contributed by atoms with E-state index < -0.39 is 11.9 Å². The van der Waals surface area contributed by atoms with E-state index in [9.17, 15) is 13.2 Å². The topological polar surface area (TPSA) is 51.9 Å². The van der Waals surface area contributed by atoms with Crippen LogP contribution in [0.3, 0.4) is 0 Å². The highest BCUT2D eigenvalue weighted by Gasteiger charge is 2.36. The molecule has 1 atom stereocenters. The van der Waals surface area contributed by atoms with Crippen molar-refractivity contribution in [2.24, 2.45) is 0 Å². The van der Waals surface area contributed by atoms with E-state index in [0.717, 1.165) is 41.3 Å². The van der Waals surface area contributed by atoms with Crippen molar-refractivity contribution in [3.05, 3.63) is 59.0 Å². The summed E-state index contributed by atoms with van der Waals surface area (Å²) in [6.45, 7) is 4.14. The van der Waals surface area contributed by atoms with Gasteiger partial charge in [-0.1, -0.05) is 12.1 Å². The first kappa shape index (κ1) is 21.6. The second kappa shape index (κ2) is 8.84. The fourth-order valence-electron chi connectivity index (χ4n) is 4.00. The van der Waals surface area contributed by atoms with Gasteiger partial charge in [-0.2, -0.15) is 18.3 Å². The fraction of sp³-hybridized carbons (Fsp3) is 0.455. The molecule has 166 valence electrons. The molecular weight excluding hydrogens is 409 g/mol. The number of likely N-dealkylation sites (tertiary alicyclic amines) is 1. The van der Waals surface area contributed by atoms with Crippen LogP contribution >= 0.6 is 0 Å². The van der Waals surface area contributed by atoms with Gasteiger partial charge >= 0.3 is 6.18 Å². The molecule has 4 rings (SSSR count). The van der Waals surface area contributed by atoms with Gasteiger partial charge in [0.15, 0.2) is 5.65 Å². The summed E-state index contributed by atoms with van der Waals surface area (Å²) in [5, 5.41) is 4.31. The van der Waals surface area contributed by atoms with Gasteiger partial charge in [-0.15, -0.1) is 0 Å². The zero-order valence-corrected chi connectivity index (χ0v) is 17.5. The van der Waals surface area contributed by atoms with E-state index in [4.69, 9.17) is 9.47 Å². The smallest absolute Gasteiger partial charge is 0.433 e. The Bertz CT molecular complexity index is 1030. The summed E-state index contributed by atoms with van der Waals surface area (Å²) in [5.74, 6) is 0.778. The maximum atomic E-state index is 13.5. The standard InChI is InChI=1S/C22H25F3N4O2/c1-15-12-20(22(23,24)25)29-21(26-15)13-18(27-29)19-4-3-9-28(19)14-16-5-7-17(8-6-16)31-11-10-30-2/h5-8,12-13,19H,3-4,9-11,14H2,1-2H3. The van der Waals surface area contributed by atoms with Crippen LogP contribution in [0.2, 0.25) is 0 Å². The number of aryl methyl sites for hydroxylation is 1. The number of rotatable bonds is 7. The molecule has 0 amide bonds. The molecule has 1 saturated heterocycles. The largest absolute Gasteiger partial charge is 0.491 e. The first-order valence-corrected chi connectivity index (χ1v) is 10.2. The number of nitrogens with zero attached hydrogens (tertiary/aromatic N) is 4. The minimum atomic E-state index is -4.49. The third-order valence-electron chi connectivity index (χ3n) is 5.43. The van der Waals surface area contributed by atoms with Crippen molar-refractivity contribution in [2.75, 3.05) is 26.9 Å². The molecule has 1 unspecified atom stereocenters. The van der Waals surface area contributed by atoms with E-state index in [1.807, 2.05) is 24.3 Å². The lowest BCUT2D eigenvalue weighted by molar-refractivity contribution is -0.142. The molecule has 3 aromatic rings. The van der Waals surface area contributed by atoms with Gasteiger partial charge in [0, 0.05) is 25.4 Å². The van der Waals surface area contributed by atoms with E-state index >= 15 is 0 Å². The number of hydrogen-bond donors (Lipinski definition) is 0. The molecule has 0 saturated carbocycles. The quantitative estimate of drug-likeness (QED) is 0.516. The number of benzene rings is 1. The zero-order valence-electron chi connectivity index (χ0n) is 17.5. The van der Waals surface area contributed by atoms with Gasteiger partial charge in [-0.25, -0.2) is 9.50 Å². The molecule has 0 radical (unpaired) electrons. The summed E-state index contributed by atoms with van der Waals surface area (Å²) in [7, 11) is 1.63. The van der Waals surface area contributed by atoms with E-state index in [1.165, 1.54) is 0 Å². The monoisotopic (exact) mass is 434 g/mol. The van der Waals surface area contributed by atoms with Gasteiger partial charge in [0.05, 0.1) is 18.3 Å². The number of halogens is 3. The van der Waals surface area contributed by atoms with E-state index in [2.05, 4.69) is 15.0 Å². The highest BCUT2D eigenvalue weighted by Crippen LogP contribution is 2.35. The maximum absolute atomic E-state index is 13.5. The Morgan fingerprint density at radius 2 is 1.90 bits per heavy atom. The van der Waals surface area contributed by atoms with E-state index in [-0.39, 0.29) is 11.7 Å². The predicted molar refractivity (Wildman–Crippen MR) is 109 cm³/mol. The number of methoxy groups -OCH3 is 1. The lowest BCUT2D eigenvalue weighted by Crippen LogP contribution is -2.23. The Labute approximate surface area is 178 Å². The first-order valence-electron chi connectivity index (χ1n) is 10.2. The van der Waals surface area contributed by atoms with E-state index in [0.29, 0.717) is 31.1 Å².